The van der Waals surface area contributed by atoms with Crippen LogP contribution in [0.1, 0.15) is 0 Å². The molecule has 0 aliphatic rings. The molecule has 0 saturated heterocycles. The molecule has 0 N–H and O–H groups in total. The van der Waals surface area contributed by atoms with Gasteiger partial charge in [0.05, 0.1) is 0 Å². The largest absolute Gasteiger partial charge is 0.283 e. The Morgan fingerprint density at radius 2 is 1.73 bits per heavy atom. The number of fused-ring (bicyclic) bond motifs is 1. The second-order valence-corrected chi connectivity index (χ2v) is 5.77. The van der Waals surface area contributed by atoms with E-state index in [4.69, 9.17) is 0 Å². The van der Waals surface area contributed by atoms with Gasteiger partial charge in [0, 0.05) is 15.7 Å². The van der Waals surface area contributed by atoms with Gasteiger partial charge in [-0.15, -0.1) is 0 Å². The van der Waals surface area contributed by atoms with Crippen LogP contribution in [-0.2, 0) is 0 Å². The van der Waals surface area contributed by atoms with Crippen molar-refractivity contribution in [3.05, 3.63) is 71.7 Å². The highest BCUT2D eigenvalue weighted by atomic mass is 79.9. The number of nitrogens with zero attached hydrogens (tertiary/aromatic N) is 4. The van der Waals surface area contributed by atoms with E-state index in [0.29, 0.717) is 0 Å². The molecule has 22 heavy (non-hydrogen) atoms. The van der Waals surface area contributed by atoms with Crippen LogP contribution in [0.5, 0.6) is 0 Å². The van der Waals surface area contributed by atoms with Crippen LogP contribution in [0.4, 0.5) is 0 Å². The zero-order valence-electron chi connectivity index (χ0n) is 11.5. The van der Waals surface area contributed by atoms with E-state index in [1.165, 1.54) is 0 Å². The van der Waals surface area contributed by atoms with Gasteiger partial charge in [-0.1, -0.05) is 46.3 Å². The molecule has 0 saturated carbocycles. The molecule has 2 aromatic heterocycles. The van der Waals surface area contributed by atoms with E-state index in [1.807, 2.05) is 59.2 Å². The molecular formula is C17H11BrN4. The maximum Gasteiger partial charge on any atom is 0.168 e. The van der Waals surface area contributed by atoms with Crippen molar-refractivity contribution in [3.63, 3.8) is 0 Å². The van der Waals surface area contributed by atoms with Gasteiger partial charge in [-0.05, 0) is 24.3 Å². The Kier molecular flexibility index (Phi) is 3.20. The lowest BCUT2D eigenvalue weighted by molar-refractivity contribution is 1.06. The summed E-state index contributed by atoms with van der Waals surface area (Å²) in [6, 6.07) is 18.1. The molecule has 5 heteroatoms. The molecule has 0 amide bonds. The first-order valence-corrected chi connectivity index (χ1v) is 7.61. The van der Waals surface area contributed by atoms with Gasteiger partial charge in [0.15, 0.2) is 5.65 Å². The molecule has 0 aliphatic heterocycles. The van der Waals surface area contributed by atoms with E-state index < -0.39 is 0 Å². The van der Waals surface area contributed by atoms with E-state index in [9.17, 15) is 0 Å². The van der Waals surface area contributed by atoms with Crippen LogP contribution in [0.2, 0.25) is 0 Å². The van der Waals surface area contributed by atoms with E-state index in [0.717, 1.165) is 32.6 Å². The van der Waals surface area contributed by atoms with Gasteiger partial charge in [-0.2, -0.15) is 0 Å². The average molecular weight is 351 g/mol. The minimum Gasteiger partial charge on any atom is -0.283 e. The van der Waals surface area contributed by atoms with Gasteiger partial charge in [-0.3, -0.25) is 4.57 Å². The zero-order chi connectivity index (χ0) is 14.9. The van der Waals surface area contributed by atoms with E-state index >= 15 is 0 Å². The van der Waals surface area contributed by atoms with E-state index in [-0.39, 0.29) is 0 Å². The predicted octanol–water partition coefficient (Wildman–Crippen LogP) is 4.25. The highest BCUT2D eigenvalue weighted by Crippen LogP contribution is 2.27. The maximum atomic E-state index is 4.52. The minimum absolute atomic E-state index is 0.796. The van der Waals surface area contributed by atoms with Gasteiger partial charge < -0.3 is 0 Å². The van der Waals surface area contributed by atoms with Crippen LogP contribution in [-0.4, -0.2) is 19.5 Å². The first kappa shape index (κ1) is 13.2. The first-order valence-electron chi connectivity index (χ1n) is 6.82. The number of rotatable bonds is 2. The summed E-state index contributed by atoms with van der Waals surface area (Å²) < 4.78 is 2.98. The Morgan fingerprint density at radius 1 is 0.864 bits per heavy atom. The summed E-state index contributed by atoms with van der Waals surface area (Å²) in [4.78, 5) is 13.3. The number of halogens is 1. The van der Waals surface area contributed by atoms with Crippen LogP contribution in [0.25, 0.3) is 28.1 Å². The van der Waals surface area contributed by atoms with Crippen molar-refractivity contribution in [3.8, 4) is 16.9 Å². The molecule has 0 spiro atoms. The fraction of sp³-hybridized carbons (Fsp3) is 0. The van der Waals surface area contributed by atoms with Crippen LogP contribution in [0.15, 0.2) is 71.7 Å². The number of hydrogen-bond acceptors (Lipinski definition) is 3. The lowest BCUT2D eigenvalue weighted by Crippen LogP contribution is -1.95. The summed E-state index contributed by atoms with van der Waals surface area (Å²) in [6.07, 6.45) is 3.37. The molecule has 2 aromatic carbocycles. The minimum atomic E-state index is 0.796. The van der Waals surface area contributed by atoms with Crippen LogP contribution < -0.4 is 0 Å². The maximum absolute atomic E-state index is 4.52. The third-order valence-corrected chi connectivity index (χ3v) is 3.96. The second kappa shape index (κ2) is 5.35. The molecule has 2 heterocycles. The Labute approximate surface area is 135 Å². The van der Waals surface area contributed by atoms with Gasteiger partial charge in [0.25, 0.3) is 0 Å². The van der Waals surface area contributed by atoms with Crippen LogP contribution in [0.3, 0.4) is 0 Å². The normalized spacial score (nSPS) is 11.0. The fourth-order valence-electron chi connectivity index (χ4n) is 2.46. The van der Waals surface area contributed by atoms with Crippen molar-refractivity contribution < 1.29 is 0 Å². The van der Waals surface area contributed by atoms with Crippen LogP contribution >= 0.6 is 15.9 Å². The summed E-state index contributed by atoms with van der Waals surface area (Å²) in [7, 11) is 0. The fourth-order valence-corrected chi connectivity index (χ4v) is 2.86. The molecule has 4 nitrogen and oxygen atoms in total. The quantitative estimate of drug-likeness (QED) is 0.542. The first-order chi connectivity index (χ1) is 10.8. The monoisotopic (exact) mass is 350 g/mol. The lowest BCUT2D eigenvalue weighted by Gasteiger charge is -2.04. The molecular weight excluding hydrogens is 340 g/mol. The molecule has 4 rings (SSSR count). The third-order valence-electron chi connectivity index (χ3n) is 3.47. The standard InChI is InChI=1S/C17H11BrN4/c18-13-6-4-5-12(9-13)15-16-17(20-10-19-15)22(11-21-16)14-7-2-1-3-8-14/h1-11H. The molecule has 4 aromatic rings. The number of imidazole rings is 1. The molecule has 0 unspecified atom stereocenters. The summed E-state index contributed by atoms with van der Waals surface area (Å²) in [6.45, 7) is 0. The Hall–Kier alpha value is -2.53. The van der Waals surface area contributed by atoms with Gasteiger partial charge >= 0.3 is 0 Å². The van der Waals surface area contributed by atoms with Crippen molar-refractivity contribution in [2.75, 3.05) is 0 Å². The smallest absolute Gasteiger partial charge is 0.168 e. The third kappa shape index (κ3) is 2.19. The zero-order valence-corrected chi connectivity index (χ0v) is 13.1. The SMILES string of the molecule is Brc1cccc(-c2ncnc3c2ncn3-c2ccccc2)c1. The lowest BCUT2D eigenvalue weighted by atomic mass is 10.1. The van der Waals surface area contributed by atoms with E-state index in [2.05, 4.69) is 30.9 Å². The predicted molar refractivity (Wildman–Crippen MR) is 89.8 cm³/mol. The van der Waals surface area contributed by atoms with Gasteiger partial charge in [-0.25, -0.2) is 15.0 Å². The molecule has 0 atom stereocenters. The van der Waals surface area contributed by atoms with E-state index in [1.54, 1.807) is 12.7 Å². The highest BCUT2D eigenvalue weighted by Gasteiger charge is 2.12. The Bertz CT molecular complexity index is 947. The number of para-hydroxylation sites is 1. The molecule has 0 fully saturated rings. The topological polar surface area (TPSA) is 43.6 Å². The van der Waals surface area contributed by atoms with Crippen molar-refractivity contribution in [1.82, 2.24) is 19.5 Å². The van der Waals surface area contributed by atoms with Crippen LogP contribution in [0, 0.1) is 0 Å². The molecule has 0 aliphatic carbocycles. The van der Waals surface area contributed by atoms with Gasteiger partial charge in [0.2, 0.25) is 0 Å². The number of benzene rings is 2. The van der Waals surface area contributed by atoms with Crippen molar-refractivity contribution in [2.24, 2.45) is 0 Å². The summed E-state index contributed by atoms with van der Waals surface area (Å²) >= 11 is 3.50. The highest BCUT2D eigenvalue weighted by molar-refractivity contribution is 9.10. The average Bonchev–Trinajstić information content (AvgIpc) is 2.99. The van der Waals surface area contributed by atoms with Crippen molar-refractivity contribution in [1.29, 1.82) is 0 Å². The molecule has 0 bridgehead atoms. The number of aromatic nitrogens is 4. The summed E-state index contributed by atoms with van der Waals surface area (Å²) in [5.74, 6) is 0. The Morgan fingerprint density at radius 3 is 2.55 bits per heavy atom. The Balaban J connectivity index is 1.95. The second-order valence-electron chi connectivity index (χ2n) is 4.85. The van der Waals surface area contributed by atoms with Gasteiger partial charge in [0.1, 0.15) is 23.9 Å². The van der Waals surface area contributed by atoms with Crippen molar-refractivity contribution in [2.45, 2.75) is 0 Å². The number of hydrogen-bond donors (Lipinski definition) is 0. The van der Waals surface area contributed by atoms with Crippen molar-refractivity contribution >= 4 is 27.1 Å². The molecule has 0 radical (unpaired) electrons. The molecule has 106 valence electrons. The summed E-state index contributed by atoms with van der Waals surface area (Å²) in [5, 5.41) is 0. The summed E-state index contributed by atoms with van der Waals surface area (Å²) in [5.41, 5.74) is 4.48.